The van der Waals surface area contributed by atoms with Crippen molar-refractivity contribution in [3.63, 3.8) is 0 Å². The summed E-state index contributed by atoms with van der Waals surface area (Å²) in [7, 11) is 0. The van der Waals surface area contributed by atoms with Gasteiger partial charge in [0.2, 0.25) is 5.95 Å². The maximum Gasteiger partial charge on any atom is 0.220 e. The molecule has 0 unspecified atom stereocenters. The van der Waals surface area contributed by atoms with E-state index in [2.05, 4.69) is 137 Å². The van der Waals surface area contributed by atoms with Crippen molar-refractivity contribution in [3.05, 3.63) is 127 Å². The second-order valence-electron chi connectivity index (χ2n) is 10.0. The van der Waals surface area contributed by atoms with Gasteiger partial charge in [0, 0.05) is 11.1 Å². The zero-order valence-electron chi connectivity index (χ0n) is 20.5. The second-order valence-corrected chi connectivity index (χ2v) is 10.0. The average Bonchev–Trinajstić information content (AvgIpc) is 3.47. The lowest BCUT2D eigenvalue weighted by Crippen LogP contribution is -2.14. The van der Waals surface area contributed by atoms with Crippen LogP contribution < -0.4 is 4.90 Å². The van der Waals surface area contributed by atoms with E-state index in [4.69, 9.17) is 4.98 Å². The summed E-state index contributed by atoms with van der Waals surface area (Å²) in [4.78, 5) is 7.60. The van der Waals surface area contributed by atoms with E-state index in [0.717, 1.165) is 34.0 Å². The fraction of sp³-hybridized carbons (Fsp3) is 0. The topological polar surface area (TPSA) is 21.1 Å². The van der Waals surface area contributed by atoms with Gasteiger partial charge in [-0.15, -0.1) is 0 Å². The summed E-state index contributed by atoms with van der Waals surface area (Å²) in [6, 6.07) is 45.9. The molecular weight excluding hydrogens is 462 g/mol. The smallest absolute Gasteiger partial charge is 0.220 e. The Morgan fingerprint density at radius 3 is 1.95 bits per heavy atom. The molecule has 7 aromatic rings. The number of imidazole rings is 1. The highest BCUT2D eigenvalue weighted by molar-refractivity contribution is 6.16. The van der Waals surface area contributed by atoms with Crippen molar-refractivity contribution in [2.75, 3.05) is 4.90 Å². The van der Waals surface area contributed by atoms with Gasteiger partial charge >= 0.3 is 0 Å². The number of fused-ring (bicyclic) bond motifs is 10. The lowest BCUT2D eigenvalue weighted by atomic mass is 9.99. The molecule has 3 nitrogen and oxygen atoms in total. The first-order valence-electron chi connectivity index (χ1n) is 13.0. The van der Waals surface area contributed by atoms with Crippen molar-refractivity contribution in [2.45, 2.75) is 0 Å². The lowest BCUT2D eigenvalue weighted by Gasteiger charge is -2.25. The fourth-order valence-corrected chi connectivity index (χ4v) is 6.49. The van der Waals surface area contributed by atoms with Crippen LogP contribution in [0.5, 0.6) is 0 Å². The molecule has 1 aliphatic heterocycles. The summed E-state index contributed by atoms with van der Waals surface area (Å²) in [6.45, 7) is 0. The van der Waals surface area contributed by atoms with Gasteiger partial charge < -0.3 is 0 Å². The maximum absolute atomic E-state index is 5.25. The Balaban J connectivity index is 1.43. The first kappa shape index (κ1) is 20.0. The molecule has 0 amide bonds. The molecule has 1 aliphatic carbocycles. The van der Waals surface area contributed by atoms with Gasteiger partial charge in [0.15, 0.2) is 0 Å². The number of nitrogens with zero attached hydrogens (tertiary/aromatic N) is 3. The highest BCUT2D eigenvalue weighted by Crippen LogP contribution is 2.52. The molecule has 2 aliphatic rings. The Labute approximate surface area is 219 Å². The first-order valence-corrected chi connectivity index (χ1v) is 13.0. The molecule has 0 atom stereocenters. The zero-order valence-corrected chi connectivity index (χ0v) is 20.5. The van der Waals surface area contributed by atoms with Crippen LogP contribution in [0.15, 0.2) is 127 Å². The van der Waals surface area contributed by atoms with Gasteiger partial charge in [-0.3, -0.25) is 9.47 Å². The number of benzene rings is 6. The summed E-state index contributed by atoms with van der Waals surface area (Å²) in [6.07, 6.45) is 0. The number of rotatable bonds is 1. The molecule has 38 heavy (non-hydrogen) atoms. The van der Waals surface area contributed by atoms with E-state index in [0.29, 0.717) is 0 Å². The van der Waals surface area contributed by atoms with Crippen molar-refractivity contribution in [1.82, 2.24) is 9.55 Å². The lowest BCUT2D eigenvalue weighted by molar-refractivity contribution is 1.05. The second kappa shape index (κ2) is 7.21. The highest BCUT2D eigenvalue weighted by Gasteiger charge is 2.30. The van der Waals surface area contributed by atoms with E-state index in [9.17, 15) is 0 Å². The molecule has 0 N–H and O–H groups in total. The normalized spacial score (nSPS) is 12.7. The third-order valence-corrected chi connectivity index (χ3v) is 8.05. The molecule has 0 saturated carbocycles. The Bertz CT molecular complexity index is 2100. The Morgan fingerprint density at radius 2 is 1.11 bits per heavy atom. The predicted molar refractivity (Wildman–Crippen MR) is 157 cm³/mol. The summed E-state index contributed by atoms with van der Waals surface area (Å²) >= 11 is 0. The van der Waals surface area contributed by atoms with Gasteiger partial charge in [0.1, 0.15) is 0 Å². The largest absolute Gasteiger partial charge is 0.280 e. The minimum Gasteiger partial charge on any atom is -0.280 e. The van der Waals surface area contributed by atoms with Gasteiger partial charge in [0.25, 0.3) is 0 Å². The molecule has 0 spiro atoms. The molecule has 9 rings (SSSR count). The summed E-state index contributed by atoms with van der Waals surface area (Å²) in [5.41, 5.74) is 13.1. The predicted octanol–water partition coefficient (Wildman–Crippen LogP) is 9.28. The molecule has 1 aromatic heterocycles. The summed E-state index contributed by atoms with van der Waals surface area (Å²) in [5.74, 6) is 0.901. The molecule has 3 heteroatoms. The number of hydrogen-bond donors (Lipinski definition) is 0. The van der Waals surface area contributed by atoms with Crippen molar-refractivity contribution < 1.29 is 0 Å². The minimum atomic E-state index is 0.901. The van der Waals surface area contributed by atoms with Gasteiger partial charge in [-0.1, -0.05) is 91.0 Å². The van der Waals surface area contributed by atoms with Crippen LogP contribution in [-0.2, 0) is 0 Å². The van der Waals surface area contributed by atoms with Crippen molar-refractivity contribution in [3.8, 4) is 39.1 Å². The number of para-hydroxylation sites is 4. The minimum absolute atomic E-state index is 0.901. The molecule has 0 radical (unpaired) electrons. The zero-order chi connectivity index (χ0) is 24.8. The molecule has 176 valence electrons. The Morgan fingerprint density at radius 1 is 0.474 bits per heavy atom. The van der Waals surface area contributed by atoms with Crippen LogP contribution in [0.3, 0.4) is 0 Å². The van der Waals surface area contributed by atoms with Crippen LogP contribution in [0.4, 0.5) is 17.3 Å². The van der Waals surface area contributed by atoms with Crippen LogP contribution >= 0.6 is 0 Å². The van der Waals surface area contributed by atoms with Crippen LogP contribution in [0, 0.1) is 0 Å². The number of aromatic nitrogens is 2. The van der Waals surface area contributed by atoms with E-state index in [-0.39, 0.29) is 0 Å². The number of anilines is 3. The third kappa shape index (κ3) is 2.50. The Hall–Kier alpha value is -5.15. The van der Waals surface area contributed by atoms with Crippen molar-refractivity contribution >= 4 is 39.1 Å². The SMILES string of the molecule is c1ccc2c(c1)-c1cccc3cc(N4c5ccccc5-c5ccccc5-n5c4nc4ccccc45)cc-2c13. The maximum atomic E-state index is 5.25. The molecule has 0 bridgehead atoms. The first-order chi connectivity index (χ1) is 18.9. The third-order valence-electron chi connectivity index (χ3n) is 8.05. The van der Waals surface area contributed by atoms with Gasteiger partial charge in [-0.05, 0) is 69.4 Å². The van der Waals surface area contributed by atoms with E-state index in [1.54, 1.807) is 0 Å². The average molecular weight is 484 g/mol. The molecule has 6 aromatic carbocycles. The molecule has 2 heterocycles. The highest BCUT2D eigenvalue weighted by atomic mass is 15.3. The van der Waals surface area contributed by atoms with Gasteiger partial charge in [-0.2, -0.15) is 0 Å². The molecule has 0 fully saturated rings. The van der Waals surface area contributed by atoms with Gasteiger partial charge in [0.05, 0.1) is 28.1 Å². The Kier molecular flexibility index (Phi) is 3.79. The quantitative estimate of drug-likeness (QED) is 0.232. The van der Waals surface area contributed by atoms with E-state index in [1.165, 1.54) is 44.2 Å². The fourth-order valence-electron chi connectivity index (χ4n) is 6.49. The van der Waals surface area contributed by atoms with Crippen LogP contribution in [0.25, 0.3) is 60.9 Å². The number of hydrogen-bond acceptors (Lipinski definition) is 2. The monoisotopic (exact) mass is 483 g/mol. The standard InChI is InChI=1S/C35H21N3/c1-2-12-25-24(11-1)28-15-9-10-22-20-23(21-29(25)34(22)28)37-31-17-6-3-13-26(31)27-14-4-7-18-32(27)38-33-19-8-5-16-30(33)36-35(37)38/h1-21H. The summed E-state index contributed by atoms with van der Waals surface area (Å²) < 4.78 is 2.32. The van der Waals surface area contributed by atoms with Crippen LogP contribution in [-0.4, -0.2) is 9.55 Å². The van der Waals surface area contributed by atoms with Crippen LogP contribution in [0.1, 0.15) is 0 Å². The van der Waals surface area contributed by atoms with Crippen molar-refractivity contribution in [2.24, 2.45) is 0 Å². The van der Waals surface area contributed by atoms with E-state index in [1.807, 2.05) is 0 Å². The molecule has 0 saturated heterocycles. The van der Waals surface area contributed by atoms with E-state index >= 15 is 0 Å². The van der Waals surface area contributed by atoms with Crippen LogP contribution in [0.2, 0.25) is 0 Å². The van der Waals surface area contributed by atoms with Gasteiger partial charge in [-0.25, -0.2) is 4.98 Å². The summed E-state index contributed by atoms with van der Waals surface area (Å²) in [5, 5.41) is 2.57. The molecular formula is C35H21N3. The van der Waals surface area contributed by atoms with Crippen molar-refractivity contribution in [1.29, 1.82) is 0 Å². The van der Waals surface area contributed by atoms with E-state index < -0.39 is 0 Å².